The predicted molar refractivity (Wildman–Crippen MR) is 74.1 cm³/mol. The summed E-state index contributed by atoms with van der Waals surface area (Å²) >= 11 is 0. The first-order valence-electron chi connectivity index (χ1n) is 6.07. The number of pyridine rings is 1. The summed E-state index contributed by atoms with van der Waals surface area (Å²) in [6.45, 7) is 6.28. The third-order valence-corrected chi connectivity index (χ3v) is 3.29. The molecule has 0 aliphatic carbocycles. The van der Waals surface area contributed by atoms with Crippen molar-refractivity contribution in [2.24, 2.45) is 5.84 Å². The molecule has 2 aromatic rings. The van der Waals surface area contributed by atoms with Gasteiger partial charge in [0.25, 0.3) is 0 Å². The quantitative estimate of drug-likeness (QED) is 0.641. The number of hydrogen-bond acceptors (Lipinski definition) is 3. The van der Waals surface area contributed by atoms with Crippen molar-refractivity contribution in [1.82, 2.24) is 10.4 Å². The number of nitrogens with two attached hydrogens (primary N) is 1. The standard InChI is InChI=1S/C15H19N3/c1-10-4-5-13(12(3)8-10)15(18-16)14-9-17-7-6-11(14)2/h4-9,15,18H,16H2,1-3H3. The van der Waals surface area contributed by atoms with Crippen LogP contribution in [0.5, 0.6) is 0 Å². The molecule has 0 radical (unpaired) electrons. The molecule has 1 aromatic heterocycles. The second kappa shape index (κ2) is 5.29. The summed E-state index contributed by atoms with van der Waals surface area (Å²) in [7, 11) is 0. The van der Waals surface area contributed by atoms with Crippen LogP contribution >= 0.6 is 0 Å². The molecule has 1 unspecified atom stereocenters. The molecule has 0 fully saturated rings. The number of nitrogens with one attached hydrogen (secondary N) is 1. The molecule has 3 nitrogen and oxygen atoms in total. The van der Waals surface area contributed by atoms with Gasteiger partial charge in [-0.05, 0) is 49.1 Å². The molecular formula is C15H19N3. The van der Waals surface area contributed by atoms with Crippen molar-refractivity contribution in [3.05, 3.63) is 64.5 Å². The van der Waals surface area contributed by atoms with Crippen LogP contribution in [0.4, 0.5) is 0 Å². The van der Waals surface area contributed by atoms with E-state index in [-0.39, 0.29) is 6.04 Å². The second-order valence-corrected chi connectivity index (χ2v) is 4.69. The summed E-state index contributed by atoms with van der Waals surface area (Å²) in [5.41, 5.74) is 8.89. The van der Waals surface area contributed by atoms with Crippen molar-refractivity contribution in [1.29, 1.82) is 0 Å². The number of aromatic nitrogens is 1. The van der Waals surface area contributed by atoms with Crippen LogP contribution in [0.3, 0.4) is 0 Å². The Bertz CT molecular complexity index is 549. The van der Waals surface area contributed by atoms with Gasteiger partial charge in [-0.15, -0.1) is 0 Å². The fourth-order valence-corrected chi connectivity index (χ4v) is 2.28. The summed E-state index contributed by atoms with van der Waals surface area (Å²) < 4.78 is 0. The van der Waals surface area contributed by atoms with Gasteiger partial charge in [-0.1, -0.05) is 23.8 Å². The maximum absolute atomic E-state index is 5.73. The zero-order valence-corrected chi connectivity index (χ0v) is 11.1. The Kier molecular flexibility index (Phi) is 3.75. The number of nitrogens with zero attached hydrogens (tertiary/aromatic N) is 1. The van der Waals surface area contributed by atoms with Crippen LogP contribution in [0, 0.1) is 20.8 Å². The molecule has 3 heteroatoms. The molecule has 0 bridgehead atoms. The van der Waals surface area contributed by atoms with E-state index in [4.69, 9.17) is 5.84 Å². The molecule has 1 atom stereocenters. The molecular weight excluding hydrogens is 222 g/mol. The first kappa shape index (κ1) is 12.7. The van der Waals surface area contributed by atoms with E-state index in [0.717, 1.165) is 5.56 Å². The van der Waals surface area contributed by atoms with Gasteiger partial charge < -0.3 is 0 Å². The van der Waals surface area contributed by atoms with Crippen molar-refractivity contribution in [3.8, 4) is 0 Å². The van der Waals surface area contributed by atoms with Crippen LogP contribution < -0.4 is 11.3 Å². The van der Waals surface area contributed by atoms with Gasteiger partial charge in [-0.3, -0.25) is 10.8 Å². The number of rotatable bonds is 3. The molecule has 94 valence electrons. The molecule has 0 saturated heterocycles. The van der Waals surface area contributed by atoms with Gasteiger partial charge in [0.15, 0.2) is 0 Å². The van der Waals surface area contributed by atoms with Crippen molar-refractivity contribution in [2.75, 3.05) is 0 Å². The fraction of sp³-hybridized carbons (Fsp3) is 0.267. The van der Waals surface area contributed by atoms with Gasteiger partial charge in [-0.25, -0.2) is 5.43 Å². The number of benzene rings is 1. The molecule has 0 aliphatic heterocycles. The zero-order chi connectivity index (χ0) is 13.1. The first-order chi connectivity index (χ1) is 8.63. The SMILES string of the molecule is Cc1ccc(C(NN)c2cnccc2C)c(C)c1. The molecule has 0 spiro atoms. The third kappa shape index (κ3) is 2.42. The highest BCUT2D eigenvalue weighted by molar-refractivity contribution is 5.40. The normalized spacial score (nSPS) is 12.4. The van der Waals surface area contributed by atoms with Crippen molar-refractivity contribution < 1.29 is 0 Å². The van der Waals surface area contributed by atoms with Crippen molar-refractivity contribution in [3.63, 3.8) is 0 Å². The monoisotopic (exact) mass is 241 g/mol. The topological polar surface area (TPSA) is 50.9 Å². The van der Waals surface area contributed by atoms with E-state index in [1.165, 1.54) is 22.3 Å². The molecule has 0 aliphatic rings. The maximum Gasteiger partial charge on any atom is 0.0730 e. The molecule has 0 amide bonds. The molecule has 1 aromatic carbocycles. The zero-order valence-electron chi connectivity index (χ0n) is 11.1. The van der Waals surface area contributed by atoms with E-state index in [1.54, 1.807) is 6.20 Å². The van der Waals surface area contributed by atoms with Crippen LogP contribution in [-0.2, 0) is 0 Å². The van der Waals surface area contributed by atoms with E-state index in [1.807, 2.05) is 12.3 Å². The Morgan fingerprint density at radius 3 is 2.44 bits per heavy atom. The van der Waals surface area contributed by atoms with Gasteiger partial charge in [0.2, 0.25) is 0 Å². The van der Waals surface area contributed by atoms with Gasteiger partial charge in [0, 0.05) is 12.4 Å². The lowest BCUT2D eigenvalue weighted by molar-refractivity contribution is 0.628. The minimum absolute atomic E-state index is 0.0145. The third-order valence-electron chi connectivity index (χ3n) is 3.29. The molecule has 18 heavy (non-hydrogen) atoms. The Morgan fingerprint density at radius 1 is 1.06 bits per heavy atom. The van der Waals surface area contributed by atoms with E-state index in [9.17, 15) is 0 Å². The number of aryl methyl sites for hydroxylation is 3. The van der Waals surface area contributed by atoms with Crippen LogP contribution in [0.2, 0.25) is 0 Å². The highest BCUT2D eigenvalue weighted by Gasteiger charge is 2.16. The Labute approximate surface area is 108 Å². The number of hydrogen-bond donors (Lipinski definition) is 2. The van der Waals surface area contributed by atoms with E-state index in [2.05, 4.69) is 49.4 Å². The highest BCUT2D eigenvalue weighted by Crippen LogP contribution is 2.26. The number of hydrazine groups is 1. The largest absolute Gasteiger partial charge is 0.271 e. The van der Waals surface area contributed by atoms with Crippen LogP contribution in [-0.4, -0.2) is 4.98 Å². The Balaban J connectivity index is 2.49. The molecule has 3 N–H and O–H groups in total. The van der Waals surface area contributed by atoms with Crippen LogP contribution in [0.1, 0.15) is 33.9 Å². The van der Waals surface area contributed by atoms with Gasteiger partial charge in [-0.2, -0.15) is 0 Å². The van der Waals surface area contributed by atoms with Crippen molar-refractivity contribution >= 4 is 0 Å². The van der Waals surface area contributed by atoms with Crippen LogP contribution in [0.25, 0.3) is 0 Å². The summed E-state index contributed by atoms with van der Waals surface area (Å²) in [4.78, 5) is 4.19. The molecule has 0 saturated carbocycles. The first-order valence-corrected chi connectivity index (χ1v) is 6.07. The minimum Gasteiger partial charge on any atom is -0.271 e. The van der Waals surface area contributed by atoms with E-state index >= 15 is 0 Å². The second-order valence-electron chi connectivity index (χ2n) is 4.69. The maximum atomic E-state index is 5.73. The Hall–Kier alpha value is -1.71. The predicted octanol–water partition coefficient (Wildman–Crippen LogP) is 2.56. The summed E-state index contributed by atoms with van der Waals surface area (Å²) in [5, 5.41) is 0. The summed E-state index contributed by atoms with van der Waals surface area (Å²) in [6, 6.07) is 8.40. The van der Waals surface area contributed by atoms with Crippen molar-refractivity contribution in [2.45, 2.75) is 26.8 Å². The van der Waals surface area contributed by atoms with Gasteiger partial charge in [0.05, 0.1) is 6.04 Å². The Morgan fingerprint density at radius 2 is 1.83 bits per heavy atom. The fourth-order valence-electron chi connectivity index (χ4n) is 2.28. The van der Waals surface area contributed by atoms with Gasteiger partial charge in [0.1, 0.15) is 0 Å². The summed E-state index contributed by atoms with van der Waals surface area (Å²) in [5.74, 6) is 5.73. The smallest absolute Gasteiger partial charge is 0.0730 e. The van der Waals surface area contributed by atoms with Gasteiger partial charge >= 0.3 is 0 Å². The average Bonchev–Trinajstić information content (AvgIpc) is 2.34. The average molecular weight is 241 g/mol. The lowest BCUT2D eigenvalue weighted by Gasteiger charge is -2.20. The van der Waals surface area contributed by atoms with E-state index < -0.39 is 0 Å². The highest BCUT2D eigenvalue weighted by atomic mass is 15.2. The van der Waals surface area contributed by atoms with Crippen LogP contribution in [0.15, 0.2) is 36.7 Å². The molecule has 1 heterocycles. The van der Waals surface area contributed by atoms with E-state index in [0.29, 0.717) is 0 Å². The minimum atomic E-state index is -0.0145. The summed E-state index contributed by atoms with van der Waals surface area (Å²) in [6.07, 6.45) is 3.67. The molecule has 2 rings (SSSR count). The lowest BCUT2D eigenvalue weighted by atomic mass is 9.93. The lowest BCUT2D eigenvalue weighted by Crippen LogP contribution is -2.30.